The van der Waals surface area contributed by atoms with Crippen LogP contribution in [0.4, 0.5) is 11.4 Å². The largest absolute Gasteiger partial charge is 0.397 e. The molecule has 0 bridgehead atoms. The van der Waals surface area contributed by atoms with Crippen LogP contribution in [0.2, 0.25) is 0 Å². The molecule has 4 heteroatoms. The van der Waals surface area contributed by atoms with E-state index in [2.05, 4.69) is 19.2 Å². The van der Waals surface area contributed by atoms with Gasteiger partial charge in [0.15, 0.2) is 0 Å². The lowest BCUT2D eigenvalue weighted by molar-refractivity contribution is -0.119. The Morgan fingerprint density at radius 3 is 2.67 bits per heavy atom. The lowest BCUT2D eigenvalue weighted by Crippen LogP contribution is -2.37. The molecule has 0 heterocycles. The summed E-state index contributed by atoms with van der Waals surface area (Å²) >= 11 is 0. The van der Waals surface area contributed by atoms with Crippen molar-refractivity contribution in [3.05, 3.63) is 23.8 Å². The second-order valence-corrected chi connectivity index (χ2v) is 5.12. The van der Waals surface area contributed by atoms with Crippen molar-refractivity contribution in [2.75, 3.05) is 30.8 Å². The number of nitrogens with zero attached hydrogens (tertiary/aromatic N) is 1. The van der Waals surface area contributed by atoms with Gasteiger partial charge in [-0.1, -0.05) is 19.9 Å². The molecule has 0 radical (unpaired) electrons. The highest BCUT2D eigenvalue weighted by atomic mass is 16.2. The maximum Gasteiger partial charge on any atom is 0.239 e. The molecule has 1 amide bonds. The summed E-state index contributed by atoms with van der Waals surface area (Å²) in [6.07, 6.45) is 0. The summed E-state index contributed by atoms with van der Waals surface area (Å²) in [4.78, 5) is 13.6. The summed E-state index contributed by atoms with van der Waals surface area (Å²) < 4.78 is 0. The predicted molar refractivity (Wildman–Crippen MR) is 76.7 cm³/mol. The van der Waals surface area contributed by atoms with Gasteiger partial charge in [-0.25, -0.2) is 0 Å². The fourth-order valence-electron chi connectivity index (χ4n) is 1.70. The third-order valence-corrected chi connectivity index (χ3v) is 2.68. The fraction of sp³-hybridized carbons (Fsp3) is 0.500. The van der Waals surface area contributed by atoms with Gasteiger partial charge in [0.05, 0.1) is 17.9 Å². The molecule has 0 aliphatic heterocycles. The van der Waals surface area contributed by atoms with Crippen molar-refractivity contribution in [1.82, 2.24) is 5.32 Å². The number of nitrogens with two attached hydrogens (primary N) is 1. The van der Waals surface area contributed by atoms with Gasteiger partial charge in [0.25, 0.3) is 0 Å². The van der Waals surface area contributed by atoms with E-state index >= 15 is 0 Å². The van der Waals surface area contributed by atoms with Crippen LogP contribution in [0.3, 0.4) is 0 Å². The smallest absolute Gasteiger partial charge is 0.239 e. The van der Waals surface area contributed by atoms with E-state index in [9.17, 15) is 4.79 Å². The molecule has 0 fully saturated rings. The Morgan fingerprint density at radius 2 is 2.11 bits per heavy atom. The van der Waals surface area contributed by atoms with Crippen LogP contribution >= 0.6 is 0 Å². The second-order valence-electron chi connectivity index (χ2n) is 5.12. The third kappa shape index (κ3) is 4.28. The van der Waals surface area contributed by atoms with Crippen molar-refractivity contribution in [3.8, 4) is 0 Å². The SMILES string of the molecule is Cc1ccc(N(C)CC(=O)NCC(C)C)c(N)c1. The summed E-state index contributed by atoms with van der Waals surface area (Å²) in [7, 11) is 1.87. The van der Waals surface area contributed by atoms with E-state index in [4.69, 9.17) is 5.73 Å². The zero-order valence-electron chi connectivity index (χ0n) is 11.7. The number of carbonyl (C=O) groups is 1. The van der Waals surface area contributed by atoms with Crippen molar-refractivity contribution in [1.29, 1.82) is 0 Å². The zero-order chi connectivity index (χ0) is 13.7. The number of benzene rings is 1. The molecule has 3 N–H and O–H groups in total. The van der Waals surface area contributed by atoms with E-state index in [0.717, 1.165) is 11.3 Å². The highest BCUT2D eigenvalue weighted by Gasteiger charge is 2.10. The maximum atomic E-state index is 11.7. The highest BCUT2D eigenvalue weighted by Crippen LogP contribution is 2.22. The first kappa shape index (κ1) is 14.4. The van der Waals surface area contributed by atoms with Crippen molar-refractivity contribution < 1.29 is 4.79 Å². The van der Waals surface area contributed by atoms with Gasteiger partial charge in [0.1, 0.15) is 0 Å². The molecule has 0 aromatic heterocycles. The van der Waals surface area contributed by atoms with Crippen LogP contribution in [0.5, 0.6) is 0 Å². The summed E-state index contributed by atoms with van der Waals surface area (Å²) in [6, 6.07) is 5.85. The van der Waals surface area contributed by atoms with E-state index in [1.807, 2.05) is 37.1 Å². The van der Waals surface area contributed by atoms with Gasteiger partial charge >= 0.3 is 0 Å². The molecule has 0 spiro atoms. The average molecular weight is 249 g/mol. The molecule has 0 aliphatic carbocycles. The van der Waals surface area contributed by atoms with Gasteiger partial charge in [0, 0.05) is 13.6 Å². The van der Waals surface area contributed by atoms with Gasteiger partial charge < -0.3 is 16.0 Å². The normalized spacial score (nSPS) is 10.5. The number of anilines is 2. The molecule has 0 saturated carbocycles. The zero-order valence-corrected chi connectivity index (χ0v) is 11.7. The molecule has 0 atom stereocenters. The minimum atomic E-state index is 0.0196. The molecule has 18 heavy (non-hydrogen) atoms. The quantitative estimate of drug-likeness (QED) is 0.782. The van der Waals surface area contributed by atoms with Crippen molar-refractivity contribution in [2.45, 2.75) is 20.8 Å². The number of likely N-dealkylation sites (N-methyl/N-ethyl adjacent to an activating group) is 1. The highest BCUT2D eigenvalue weighted by molar-refractivity contribution is 5.83. The van der Waals surface area contributed by atoms with Gasteiger partial charge in [0.2, 0.25) is 5.91 Å². The molecule has 100 valence electrons. The number of amides is 1. The third-order valence-electron chi connectivity index (χ3n) is 2.68. The number of nitrogens with one attached hydrogen (secondary N) is 1. The molecule has 4 nitrogen and oxygen atoms in total. The average Bonchev–Trinajstić information content (AvgIpc) is 2.26. The lowest BCUT2D eigenvalue weighted by Gasteiger charge is -2.21. The van der Waals surface area contributed by atoms with Crippen molar-refractivity contribution in [2.24, 2.45) is 5.92 Å². The second kappa shape index (κ2) is 6.28. The van der Waals surface area contributed by atoms with Gasteiger partial charge in [-0.15, -0.1) is 0 Å². The Bertz CT molecular complexity index is 416. The summed E-state index contributed by atoms with van der Waals surface area (Å²) in [5.41, 5.74) is 8.66. The van der Waals surface area contributed by atoms with E-state index in [0.29, 0.717) is 24.7 Å². The monoisotopic (exact) mass is 249 g/mol. The Labute approximate surface area is 109 Å². The number of nitrogen functional groups attached to an aromatic ring is 1. The topological polar surface area (TPSA) is 58.4 Å². The Morgan fingerprint density at radius 1 is 1.44 bits per heavy atom. The first-order chi connectivity index (χ1) is 8.40. The number of carbonyl (C=O) groups excluding carboxylic acids is 1. The number of hydrogen-bond donors (Lipinski definition) is 2. The Kier molecular flexibility index (Phi) is 5.01. The van der Waals surface area contributed by atoms with Crippen LogP contribution in [0, 0.1) is 12.8 Å². The minimum absolute atomic E-state index is 0.0196. The molecule has 0 aliphatic rings. The van der Waals surface area contributed by atoms with Crippen LogP contribution in [0.1, 0.15) is 19.4 Å². The molecule has 1 aromatic rings. The van der Waals surface area contributed by atoms with Crippen LogP contribution in [0.15, 0.2) is 18.2 Å². The summed E-state index contributed by atoms with van der Waals surface area (Å²) in [5.74, 6) is 0.481. The Balaban J connectivity index is 2.59. The number of rotatable bonds is 5. The molecule has 1 aromatic carbocycles. The van der Waals surface area contributed by atoms with E-state index in [-0.39, 0.29) is 5.91 Å². The minimum Gasteiger partial charge on any atom is -0.397 e. The number of aryl methyl sites for hydroxylation is 1. The lowest BCUT2D eigenvalue weighted by atomic mass is 10.2. The van der Waals surface area contributed by atoms with Crippen LogP contribution < -0.4 is 16.0 Å². The Hall–Kier alpha value is -1.71. The van der Waals surface area contributed by atoms with Gasteiger partial charge in [-0.2, -0.15) is 0 Å². The molecule has 1 rings (SSSR count). The van der Waals surface area contributed by atoms with Gasteiger partial charge in [-0.3, -0.25) is 4.79 Å². The van der Waals surface area contributed by atoms with E-state index < -0.39 is 0 Å². The van der Waals surface area contributed by atoms with E-state index in [1.165, 1.54) is 0 Å². The van der Waals surface area contributed by atoms with Crippen molar-refractivity contribution in [3.63, 3.8) is 0 Å². The van der Waals surface area contributed by atoms with Gasteiger partial charge in [-0.05, 0) is 30.5 Å². The van der Waals surface area contributed by atoms with Crippen LogP contribution in [0.25, 0.3) is 0 Å². The van der Waals surface area contributed by atoms with Crippen LogP contribution in [-0.4, -0.2) is 26.0 Å². The first-order valence-electron chi connectivity index (χ1n) is 6.24. The van der Waals surface area contributed by atoms with Crippen LogP contribution in [-0.2, 0) is 4.79 Å². The first-order valence-corrected chi connectivity index (χ1v) is 6.24. The number of hydrogen-bond acceptors (Lipinski definition) is 3. The summed E-state index contributed by atoms with van der Waals surface area (Å²) in [6.45, 7) is 7.16. The predicted octanol–water partition coefficient (Wildman–Crippen LogP) is 1.79. The molecular formula is C14H23N3O. The standard InChI is InChI=1S/C14H23N3O/c1-10(2)8-16-14(18)9-17(4)13-6-5-11(3)7-12(13)15/h5-7,10H,8-9,15H2,1-4H3,(H,16,18). The molecular weight excluding hydrogens is 226 g/mol. The molecule has 0 saturated heterocycles. The fourth-order valence-corrected chi connectivity index (χ4v) is 1.70. The maximum absolute atomic E-state index is 11.7. The van der Waals surface area contributed by atoms with Crippen molar-refractivity contribution >= 4 is 17.3 Å². The van der Waals surface area contributed by atoms with E-state index in [1.54, 1.807) is 0 Å². The molecule has 0 unspecified atom stereocenters. The summed E-state index contributed by atoms with van der Waals surface area (Å²) in [5, 5.41) is 2.89.